The van der Waals surface area contributed by atoms with E-state index < -0.39 is 23.9 Å². The SMILES string of the molecule is FC(F)(F)Oc1ccccc1-c1cc(CCl)cc(C(F)(F)F)c1. The van der Waals surface area contributed by atoms with Gasteiger partial charge in [-0.15, -0.1) is 24.8 Å². The Hall–Kier alpha value is -1.89. The molecular weight excluding hydrogens is 346 g/mol. The van der Waals surface area contributed by atoms with Gasteiger partial charge in [-0.05, 0) is 35.4 Å². The van der Waals surface area contributed by atoms with Crippen molar-refractivity contribution in [3.8, 4) is 16.9 Å². The van der Waals surface area contributed by atoms with Gasteiger partial charge < -0.3 is 4.74 Å². The van der Waals surface area contributed by atoms with Crippen molar-refractivity contribution in [2.24, 2.45) is 0 Å². The predicted octanol–water partition coefficient (Wildman–Crippen LogP) is 6.01. The monoisotopic (exact) mass is 354 g/mol. The second-order valence-electron chi connectivity index (χ2n) is 4.59. The molecule has 0 radical (unpaired) electrons. The van der Waals surface area contributed by atoms with E-state index >= 15 is 0 Å². The van der Waals surface area contributed by atoms with Crippen LogP contribution >= 0.6 is 11.6 Å². The number of ether oxygens (including phenoxy) is 1. The molecular formula is C15H9ClF6O. The molecule has 0 amide bonds. The number of hydrogen-bond donors (Lipinski definition) is 0. The van der Waals surface area contributed by atoms with Gasteiger partial charge in [-0.2, -0.15) is 13.2 Å². The van der Waals surface area contributed by atoms with Gasteiger partial charge in [0.25, 0.3) is 0 Å². The first-order valence-electron chi connectivity index (χ1n) is 6.22. The van der Waals surface area contributed by atoms with Crippen LogP contribution in [0.5, 0.6) is 5.75 Å². The van der Waals surface area contributed by atoms with Crippen LogP contribution in [0.15, 0.2) is 42.5 Å². The third-order valence-corrected chi connectivity index (χ3v) is 3.21. The van der Waals surface area contributed by atoms with E-state index in [4.69, 9.17) is 11.6 Å². The van der Waals surface area contributed by atoms with Crippen LogP contribution in [0.1, 0.15) is 11.1 Å². The van der Waals surface area contributed by atoms with E-state index in [1.807, 2.05) is 0 Å². The molecule has 23 heavy (non-hydrogen) atoms. The summed E-state index contributed by atoms with van der Waals surface area (Å²) in [5.41, 5.74) is -1.02. The highest BCUT2D eigenvalue weighted by atomic mass is 35.5. The van der Waals surface area contributed by atoms with Crippen LogP contribution in [0.4, 0.5) is 26.3 Å². The molecule has 124 valence electrons. The van der Waals surface area contributed by atoms with Gasteiger partial charge in [-0.3, -0.25) is 0 Å². The third-order valence-electron chi connectivity index (χ3n) is 2.90. The van der Waals surface area contributed by atoms with E-state index in [0.29, 0.717) is 0 Å². The molecule has 0 saturated carbocycles. The zero-order valence-electron chi connectivity index (χ0n) is 11.3. The Labute approximate surface area is 132 Å². The summed E-state index contributed by atoms with van der Waals surface area (Å²) in [5, 5.41) is 0. The maximum atomic E-state index is 12.9. The third kappa shape index (κ3) is 4.54. The van der Waals surface area contributed by atoms with Gasteiger partial charge in [0.05, 0.1) is 5.56 Å². The molecule has 1 nitrogen and oxygen atoms in total. The van der Waals surface area contributed by atoms with Gasteiger partial charge >= 0.3 is 12.5 Å². The summed E-state index contributed by atoms with van der Waals surface area (Å²) in [6.45, 7) is 0. The first-order valence-corrected chi connectivity index (χ1v) is 6.76. The molecule has 0 aliphatic heterocycles. The highest BCUT2D eigenvalue weighted by molar-refractivity contribution is 6.17. The molecule has 0 unspecified atom stereocenters. The molecule has 0 aromatic heterocycles. The van der Waals surface area contributed by atoms with Crippen LogP contribution in [0.2, 0.25) is 0 Å². The Kier molecular flexibility index (Phi) is 4.79. The molecule has 8 heteroatoms. The number of para-hydroxylation sites is 1. The smallest absolute Gasteiger partial charge is 0.405 e. The Morgan fingerprint density at radius 1 is 0.913 bits per heavy atom. The second kappa shape index (κ2) is 6.31. The Bertz CT molecular complexity index is 693. The summed E-state index contributed by atoms with van der Waals surface area (Å²) in [7, 11) is 0. The molecule has 0 fully saturated rings. The zero-order valence-corrected chi connectivity index (χ0v) is 12.1. The first kappa shape index (κ1) is 17.5. The summed E-state index contributed by atoms with van der Waals surface area (Å²) in [6, 6.07) is 7.87. The van der Waals surface area contributed by atoms with Crippen LogP contribution in [-0.2, 0) is 12.1 Å². The molecule has 0 atom stereocenters. The van der Waals surface area contributed by atoms with Crippen molar-refractivity contribution in [2.45, 2.75) is 18.4 Å². The molecule has 0 aliphatic rings. The highest BCUT2D eigenvalue weighted by Crippen LogP contribution is 2.38. The van der Waals surface area contributed by atoms with Crippen molar-refractivity contribution in [1.82, 2.24) is 0 Å². The molecule has 2 rings (SSSR count). The molecule has 0 heterocycles. The average Bonchev–Trinajstić information content (AvgIpc) is 2.44. The molecule has 0 saturated heterocycles. The number of benzene rings is 2. The maximum absolute atomic E-state index is 12.9. The van der Waals surface area contributed by atoms with Crippen molar-refractivity contribution < 1.29 is 31.1 Å². The highest BCUT2D eigenvalue weighted by Gasteiger charge is 2.33. The van der Waals surface area contributed by atoms with E-state index in [0.717, 1.165) is 18.2 Å². The quantitative estimate of drug-likeness (QED) is 0.484. The van der Waals surface area contributed by atoms with E-state index in [-0.39, 0.29) is 22.6 Å². The van der Waals surface area contributed by atoms with Crippen molar-refractivity contribution in [2.75, 3.05) is 0 Å². The summed E-state index contributed by atoms with van der Waals surface area (Å²) in [5.74, 6) is -0.793. The van der Waals surface area contributed by atoms with Crippen LogP contribution in [0.25, 0.3) is 11.1 Å². The van der Waals surface area contributed by atoms with Crippen LogP contribution in [0, 0.1) is 0 Å². The Balaban J connectivity index is 2.58. The zero-order chi connectivity index (χ0) is 17.3. The number of halogens is 7. The Morgan fingerprint density at radius 3 is 2.13 bits per heavy atom. The molecule has 0 N–H and O–H groups in total. The van der Waals surface area contributed by atoms with E-state index in [9.17, 15) is 26.3 Å². The minimum absolute atomic E-state index is 0.0599. The Morgan fingerprint density at radius 2 is 1.57 bits per heavy atom. The van der Waals surface area contributed by atoms with Gasteiger partial charge in [0.1, 0.15) is 5.75 Å². The van der Waals surface area contributed by atoms with Gasteiger partial charge in [0.2, 0.25) is 0 Å². The molecule has 2 aromatic rings. The molecule has 0 aliphatic carbocycles. The second-order valence-corrected chi connectivity index (χ2v) is 4.86. The summed E-state index contributed by atoms with van der Waals surface area (Å²) >= 11 is 5.58. The number of hydrogen-bond acceptors (Lipinski definition) is 1. The minimum Gasteiger partial charge on any atom is -0.405 e. The maximum Gasteiger partial charge on any atom is 0.573 e. The average molecular weight is 355 g/mol. The van der Waals surface area contributed by atoms with Crippen molar-refractivity contribution in [1.29, 1.82) is 0 Å². The van der Waals surface area contributed by atoms with Crippen LogP contribution in [0.3, 0.4) is 0 Å². The summed E-state index contributed by atoms with van der Waals surface area (Å²) in [6.07, 6.45) is -9.59. The topological polar surface area (TPSA) is 9.23 Å². The molecule has 2 aromatic carbocycles. The lowest BCUT2D eigenvalue weighted by atomic mass is 9.99. The predicted molar refractivity (Wildman–Crippen MR) is 73.1 cm³/mol. The van der Waals surface area contributed by atoms with Crippen LogP contribution < -0.4 is 4.74 Å². The van der Waals surface area contributed by atoms with Gasteiger partial charge in [0, 0.05) is 11.4 Å². The van der Waals surface area contributed by atoms with Gasteiger partial charge in [0.15, 0.2) is 0 Å². The standard InChI is InChI=1S/C15H9ClF6O/c16-8-9-5-10(7-11(6-9)14(17,18)19)12-3-1-2-4-13(12)23-15(20,21)22/h1-7H,8H2. The fourth-order valence-electron chi connectivity index (χ4n) is 2.01. The van der Waals surface area contributed by atoms with Crippen molar-refractivity contribution in [3.63, 3.8) is 0 Å². The minimum atomic E-state index is -4.95. The van der Waals surface area contributed by atoms with Gasteiger partial charge in [-0.25, -0.2) is 0 Å². The molecule has 0 spiro atoms. The summed E-state index contributed by atoms with van der Waals surface area (Å²) < 4.78 is 79.9. The lowest BCUT2D eigenvalue weighted by Gasteiger charge is -2.15. The number of alkyl halides is 7. The normalized spacial score (nSPS) is 12.3. The van der Waals surface area contributed by atoms with E-state index in [1.165, 1.54) is 24.3 Å². The fraction of sp³-hybridized carbons (Fsp3) is 0.200. The van der Waals surface area contributed by atoms with E-state index in [2.05, 4.69) is 4.74 Å². The van der Waals surface area contributed by atoms with Gasteiger partial charge in [-0.1, -0.05) is 18.2 Å². The fourth-order valence-corrected chi connectivity index (χ4v) is 2.16. The first-order chi connectivity index (χ1) is 10.6. The van der Waals surface area contributed by atoms with Crippen molar-refractivity contribution in [3.05, 3.63) is 53.6 Å². The van der Waals surface area contributed by atoms with Crippen molar-refractivity contribution >= 4 is 11.6 Å². The lowest BCUT2D eigenvalue weighted by molar-refractivity contribution is -0.274. The lowest BCUT2D eigenvalue weighted by Crippen LogP contribution is -2.17. The largest absolute Gasteiger partial charge is 0.573 e. The van der Waals surface area contributed by atoms with Crippen LogP contribution in [-0.4, -0.2) is 6.36 Å². The number of rotatable bonds is 3. The molecule has 0 bridgehead atoms. The van der Waals surface area contributed by atoms with E-state index in [1.54, 1.807) is 0 Å². The summed E-state index contributed by atoms with van der Waals surface area (Å²) in [4.78, 5) is 0.